The Morgan fingerprint density at radius 3 is 2.52 bits per heavy atom. The summed E-state index contributed by atoms with van der Waals surface area (Å²) in [5, 5.41) is 28.6. The molecule has 0 aliphatic heterocycles. The van der Waals surface area contributed by atoms with E-state index in [1.54, 1.807) is 12.1 Å². The maximum absolute atomic E-state index is 11.0. The van der Waals surface area contributed by atoms with Crippen LogP contribution in [0, 0.1) is 0 Å². The molecule has 1 aromatic heterocycles. The van der Waals surface area contributed by atoms with Gasteiger partial charge in [-0.25, -0.2) is 4.79 Å². The number of benzene rings is 2. The van der Waals surface area contributed by atoms with Gasteiger partial charge in [0.15, 0.2) is 5.11 Å². The Morgan fingerprint density at radius 2 is 1.87 bits per heavy atom. The fourth-order valence-electron chi connectivity index (χ4n) is 2.83. The number of hydrogen-bond acceptors (Lipinski definition) is 5. The summed E-state index contributed by atoms with van der Waals surface area (Å²) >= 11 is 6.61. The average Bonchev–Trinajstić information content (AvgIpc) is 3.08. The van der Waals surface area contributed by atoms with Crippen molar-refractivity contribution in [3.05, 3.63) is 70.6 Å². The van der Waals surface area contributed by atoms with Crippen LogP contribution in [-0.4, -0.2) is 27.5 Å². The molecule has 0 bridgehead atoms. The molecule has 3 rings (SSSR count). The third-order valence-electron chi connectivity index (χ3n) is 4.54. The zero-order chi connectivity index (χ0) is 22.6. The van der Waals surface area contributed by atoms with E-state index in [4.69, 9.17) is 17.3 Å². The summed E-state index contributed by atoms with van der Waals surface area (Å²) in [6.07, 6.45) is 1.49. The van der Waals surface area contributed by atoms with Crippen molar-refractivity contribution < 1.29 is 15.0 Å². The molecular weight excluding hydrogens is 430 g/mol. The molecule has 3 aromatic rings. The summed E-state index contributed by atoms with van der Waals surface area (Å²) in [7, 11) is 0. The predicted molar refractivity (Wildman–Crippen MR) is 130 cm³/mol. The average molecular weight is 454 g/mol. The Labute approximate surface area is 190 Å². The lowest BCUT2D eigenvalue weighted by atomic mass is 9.86. The number of thiocarbonyl (C=S) groups is 1. The molecule has 1 heterocycles. The highest BCUT2D eigenvalue weighted by atomic mass is 32.1. The summed E-state index contributed by atoms with van der Waals surface area (Å²) in [6.45, 7) is 6.48. The van der Waals surface area contributed by atoms with E-state index in [0.29, 0.717) is 11.3 Å². The minimum absolute atomic E-state index is 0.0703. The molecule has 0 atom stereocenters. The highest BCUT2D eigenvalue weighted by Crippen LogP contribution is 2.38. The van der Waals surface area contributed by atoms with Crippen LogP contribution in [0.5, 0.6) is 5.75 Å². The van der Waals surface area contributed by atoms with E-state index in [9.17, 15) is 9.90 Å². The molecule has 0 saturated heterocycles. The number of aromatic hydroxyl groups is 1. The minimum atomic E-state index is -1.02. The molecule has 0 amide bonds. The Balaban J connectivity index is 1.64. The van der Waals surface area contributed by atoms with Crippen molar-refractivity contribution in [1.82, 2.24) is 5.43 Å². The van der Waals surface area contributed by atoms with Crippen LogP contribution in [0.4, 0.5) is 5.69 Å². The van der Waals surface area contributed by atoms with E-state index in [1.807, 2.05) is 17.5 Å². The van der Waals surface area contributed by atoms with Crippen LogP contribution in [0.15, 0.2) is 59.0 Å². The summed E-state index contributed by atoms with van der Waals surface area (Å²) in [5.74, 6) is -0.857. The first-order valence-corrected chi connectivity index (χ1v) is 10.8. The monoisotopic (exact) mass is 453 g/mol. The van der Waals surface area contributed by atoms with Crippen molar-refractivity contribution in [2.24, 2.45) is 5.10 Å². The van der Waals surface area contributed by atoms with Crippen molar-refractivity contribution in [2.75, 3.05) is 5.32 Å². The number of carbonyl (C=O) groups is 1. The van der Waals surface area contributed by atoms with Gasteiger partial charge in [-0.15, -0.1) is 11.3 Å². The van der Waals surface area contributed by atoms with Crippen LogP contribution >= 0.6 is 23.6 Å². The normalized spacial score (nSPS) is 11.5. The highest BCUT2D eigenvalue weighted by molar-refractivity contribution is 7.80. The second-order valence-electron chi connectivity index (χ2n) is 7.91. The van der Waals surface area contributed by atoms with Gasteiger partial charge >= 0.3 is 5.97 Å². The number of nitrogens with zero attached hydrogens (tertiary/aromatic N) is 1. The lowest BCUT2D eigenvalue weighted by molar-refractivity contribution is 0.0697. The van der Waals surface area contributed by atoms with Crippen LogP contribution < -0.4 is 10.7 Å². The topological polar surface area (TPSA) is 94.0 Å². The third kappa shape index (κ3) is 5.68. The number of hydrogen-bond donors (Lipinski definition) is 4. The van der Waals surface area contributed by atoms with Crippen molar-refractivity contribution in [1.29, 1.82) is 0 Å². The van der Waals surface area contributed by atoms with Gasteiger partial charge in [0.2, 0.25) is 0 Å². The Bertz CT molecular complexity index is 1130. The number of aromatic carboxylic acids is 1. The van der Waals surface area contributed by atoms with E-state index < -0.39 is 5.97 Å². The van der Waals surface area contributed by atoms with Crippen LogP contribution in [-0.2, 0) is 5.41 Å². The Morgan fingerprint density at radius 1 is 1.16 bits per heavy atom. The summed E-state index contributed by atoms with van der Waals surface area (Å²) < 4.78 is 0. The summed E-state index contributed by atoms with van der Waals surface area (Å²) in [4.78, 5) is 11.8. The summed E-state index contributed by atoms with van der Waals surface area (Å²) in [5.41, 5.74) is 6.17. The number of hydrazone groups is 1. The zero-order valence-corrected chi connectivity index (χ0v) is 19.0. The molecule has 0 fully saturated rings. The number of thiophene rings is 1. The quantitative estimate of drug-likeness (QED) is 0.234. The van der Waals surface area contributed by atoms with Crippen LogP contribution in [0.3, 0.4) is 0 Å². The second-order valence-corrected chi connectivity index (χ2v) is 9.19. The van der Waals surface area contributed by atoms with E-state index >= 15 is 0 Å². The maximum Gasteiger partial charge on any atom is 0.335 e. The third-order valence-corrected chi connectivity index (χ3v) is 5.77. The minimum Gasteiger partial charge on any atom is -0.506 e. The Hall–Kier alpha value is -3.23. The number of rotatable bonds is 5. The fourth-order valence-corrected chi connectivity index (χ4v) is 3.92. The zero-order valence-electron chi connectivity index (χ0n) is 17.3. The molecule has 0 spiro atoms. The first-order chi connectivity index (χ1) is 14.6. The standard InChI is InChI=1S/C23H23N3O3S2/c1-23(2,3)17-9-7-14(8-10-17)20-19(27)16(13-31-20)12-24-26-22(30)25-18-6-4-5-15(11-18)21(28)29/h4-13,27H,1-3H3,(H,28,29)(H2,25,26,30)/b24-12+. The molecule has 0 aliphatic rings. The highest BCUT2D eigenvalue weighted by Gasteiger charge is 2.15. The van der Waals surface area contributed by atoms with Crippen LogP contribution in [0.1, 0.15) is 42.3 Å². The molecule has 31 heavy (non-hydrogen) atoms. The summed E-state index contributed by atoms with van der Waals surface area (Å²) in [6, 6.07) is 14.5. The molecule has 8 heteroatoms. The molecule has 0 radical (unpaired) electrons. The van der Waals surface area contributed by atoms with Gasteiger partial charge in [-0.05, 0) is 47.0 Å². The van der Waals surface area contributed by atoms with Gasteiger partial charge in [0, 0.05) is 16.6 Å². The van der Waals surface area contributed by atoms with Crippen molar-refractivity contribution in [2.45, 2.75) is 26.2 Å². The van der Waals surface area contributed by atoms with E-state index in [-0.39, 0.29) is 21.8 Å². The van der Waals surface area contributed by atoms with Gasteiger partial charge in [-0.2, -0.15) is 5.10 Å². The van der Waals surface area contributed by atoms with Gasteiger partial charge in [0.05, 0.1) is 16.7 Å². The maximum atomic E-state index is 11.0. The molecule has 2 aromatic carbocycles. The van der Waals surface area contributed by atoms with Gasteiger partial charge in [-0.3, -0.25) is 5.43 Å². The van der Waals surface area contributed by atoms with Gasteiger partial charge in [0.25, 0.3) is 0 Å². The molecule has 160 valence electrons. The SMILES string of the molecule is CC(C)(C)c1ccc(-c2scc(/C=N/NC(=S)Nc3cccc(C(=O)O)c3)c2O)cc1. The van der Waals surface area contributed by atoms with Crippen molar-refractivity contribution in [3.63, 3.8) is 0 Å². The van der Waals surface area contributed by atoms with Crippen molar-refractivity contribution >= 4 is 46.5 Å². The lowest BCUT2D eigenvalue weighted by Crippen LogP contribution is -2.23. The lowest BCUT2D eigenvalue weighted by Gasteiger charge is -2.19. The molecule has 0 saturated carbocycles. The smallest absolute Gasteiger partial charge is 0.335 e. The fraction of sp³-hybridized carbons (Fsp3) is 0.174. The van der Waals surface area contributed by atoms with Gasteiger partial charge in [0.1, 0.15) is 5.75 Å². The van der Waals surface area contributed by atoms with Gasteiger partial charge in [-0.1, -0.05) is 51.1 Å². The second kappa shape index (κ2) is 9.28. The number of carboxylic acid groups (broad SMARTS) is 1. The first-order valence-electron chi connectivity index (χ1n) is 9.50. The number of anilines is 1. The molecular formula is C23H23N3O3S2. The van der Waals surface area contributed by atoms with E-state index in [2.05, 4.69) is 48.7 Å². The van der Waals surface area contributed by atoms with Gasteiger partial charge < -0.3 is 15.5 Å². The molecule has 0 unspecified atom stereocenters. The first kappa shape index (κ1) is 22.5. The Kier molecular flexibility index (Phi) is 6.72. The molecule has 4 N–H and O–H groups in total. The van der Waals surface area contributed by atoms with E-state index in [1.165, 1.54) is 35.2 Å². The number of carboxylic acids is 1. The van der Waals surface area contributed by atoms with Crippen LogP contribution in [0.25, 0.3) is 10.4 Å². The largest absolute Gasteiger partial charge is 0.506 e. The molecule has 0 aliphatic carbocycles. The number of nitrogens with one attached hydrogen (secondary N) is 2. The van der Waals surface area contributed by atoms with E-state index in [0.717, 1.165) is 10.4 Å². The van der Waals surface area contributed by atoms with Crippen molar-refractivity contribution in [3.8, 4) is 16.2 Å². The molecule has 6 nitrogen and oxygen atoms in total. The van der Waals surface area contributed by atoms with Crippen LogP contribution in [0.2, 0.25) is 0 Å². The predicted octanol–water partition coefficient (Wildman–Crippen LogP) is 5.44.